The summed E-state index contributed by atoms with van der Waals surface area (Å²) < 4.78 is 76.9. The largest absolute Gasteiger partial charge is 0.450 e. The van der Waals surface area contributed by atoms with Crippen molar-refractivity contribution >= 4 is 114 Å². The Morgan fingerprint density at radius 1 is 0.584 bits per heavy atom. The Bertz CT molecular complexity index is 3170. The number of unbranched alkanes of at least 4 members (excludes halogenated alkanes) is 1. The van der Waals surface area contributed by atoms with E-state index >= 15 is 0 Å². The minimum absolute atomic E-state index is 0.00227. The van der Waals surface area contributed by atoms with Crippen LogP contribution in [-0.4, -0.2) is 326 Å². The van der Waals surface area contributed by atoms with Crippen molar-refractivity contribution in [3.05, 3.63) is 32.8 Å². The van der Waals surface area contributed by atoms with E-state index in [1.54, 1.807) is 26.2 Å². The lowest BCUT2D eigenvalue weighted by Gasteiger charge is -2.64. The number of alkyl halides is 1. The molecule has 9 amide bonds. The number of halogens is 3. The predicted octanol–water partition coefficient (Wildman–Crippen LogP) is -0.200. The molecule has 1 aliphatic heterocycles. The lowest BCUT2D eigenvalue weighted by atomic mass is 9.45. The molecule has 0 bridgehead atoms. The van der Waals surface area contributed by atoms with Gasteiger partial charge in [0, 0.05) is 56.2 Å². The Balaban J connectivity index is 0.896. The summed E-state index contributed by atoms with van der Waals surface area (Å²) in [5.74, 6) is -9.37. The van der Waals surface area contributed by atoms with E-state index in [1.165, 1.54) is 6.08 Å². The number of hydrogen-bond donors (Lipinski definition) is 9. The fourth-order valence-corrected chi connectivity index (χ4v) is 15.5. The fraction of sp³-hybridized carbons (Fsp3) is 0.757. The molecule has 113 heavy (non-hydrogen) atoms. The molecule has 0 aromatic rings. The lowest BCUT2D eigenvalue weighted by Crippen LogP contribution is -2.69. The van der Waals surface area contributed by atoms with Crippen molar-refractivity contribution in [2.45, 2.75) is 121 Å². The second kappa shape index (κ2) is 52.7. The van der Waals surface area contributed by atoms with Gasteiger partial charge in [-0.25, -0.2) is 0 Å². The zero-order chi connectivity index (χ0) is 82.7. The number of carbonyl (C=O) groups is 12. The molecule has 3 saturated carbocycles. The predicted molar refractivity (Wildman–Crippen MR) is 409 cm³/mol. The van der Waals surface area contributed by atoms with Crippen molar-refractivity contribution in [3.63, 3.8) is 0 Å². The quantitative estimate of drug-likeness (QED) is 0.0125. The topological polar surface area (TPSA) is 462 Å². The van der Waals surface area contributed by atoms with Crippen LogP contribution in [0.1, 0.15) is 91.9 Å². The molecule has 39 heteroatoms. The second-order valence-electron chi connectivity index (χ2n) is 27.6. The Morgan fingerprint density at radius 3 is 1.55 bits per heavy atom. The molecule has 1 heterocycles. The van der Waals surface area contributed by atoms with E-state index in [0.29, 0.717) is 158 Å². The number of amides is 9. The Labute approximate surface area is 680 Å². The molecule has 5 aliphatic rings. The van der Waals surface area contributed by atoms with Crippen LogP contribution in [-0.2, 0) is 124 Å². The van der Waals surface area contributed by atoms with E-state index in [1.807, 2.05) is 20.8 Å². The maximum atomic E-state index is 14.6. The van der Waals surface area contributed by atoms with Gasteiger partial charge in [-0.3, -0.25) is 62.4 Å². The molecule has 640 valence electrons. The number of carbonyl (C=O) groups excluding carboxylic acids is 12. The minimum Gasteiger partial charge on any atom is -0.450 e. The van der Waals surface area contributed by atoms with E-state index < -0.39 is 150 Å². The van der Waals surface area contributed by atoms with Gasteiger partial charge in [-0.1, -0.05) is 39.3 Å². The third-order valence-electron chi connectivity index (χ3n) is 20.0. The summed E-state index contributed by atoms with van der Waals surface area (Å²) in [6.45, 7) is 12.5. The zero-order valence-electron chi connectivity index (χ0n) is 65.3. The summed E-state index contributed by atoms with van der Waals surface area (Å²) in [6, 6.07) is -2.99. The number of ketones is 2. The Kier molecular flexibility index (Phi) is 45.6. The maximum absolute atomic E-state index is 14.6. The summed E-state index contributed by atoms with van der Waals surface area (Å²) in [6.07, 6.45) is 5.24. The van der Waals surface area contributed by atoms with Crippen molar-refractivity contribution < 1.29 is 134 Å². The first kappa shape index (κ1) is 97.7. The van der Waals surface area contributed by atoms with Gasteiger partial charge in [0.2, 0.25) is 47.1 Å². The van der Waals surface area contributed by atoms with E-state index in [9.17, 15) is 67.7 Å². The van der Waals surface area contributed by atoms with Crippen LogP contribution in [0, 0.1) is 28.6 Å². The standard InChI is InChI=1S/C74H115Br2ClN8O28/c1-6-64(95)113-74(50(2)41-54-53-11-10-51-42-52(87)12-15-71(51,3)73(53,77)57(88)43-72(54,74)4)58(89)48-112-49-82-63(94)45-80-61(92)44-79-62(93)46-81-67(96)56(47-86)84-68(97)55(83-60(91)13-17-85-69(98)65(75)66(76)70(85)99)9-7-8-16-78-59(90)14-18-101-21-22-103-25-26-105-29-30-107-33-34-109-37-38-111-40-39-110-36-35-108-32-31-106-28-27-104-24-23-102-20-19-100-5/h12,15,42,50,53-57,86,88H,6-11,13-14,16-41,43-49H2,1-5H3,(H,78,90)(H,79,93)(H,80,92)(H,81,96)(H,82,94)(H,83,91)(H,84,97)/t50-,53-,54?,55-,56-,57-,71-,72-,73-,74-/m0/s1. The first-order valence-electron chi connectivity index (χ1n) is 38.2. The van der Waals surface area contributed by atoms with Crippen LogP contribution in [0.2, 0.25) is 0 Å². The molecule has 1 unspecified atom stereocenters. The zero-order valence-corrected chi connectivity index (χ0v) is 69.2. The van der Waals surface area contributed by atoms with Gasteiger partial charge in [-0.05, 0) is 101 Å². The molecule has 0 spiro atoms. The molecule has 9 N–H and O–H groups in total. The smallest absolute Gasteiger partial charge is 0.306 e. The number of nitrogens with one attached hydrogen (secondary N) is 7. The average molecular weight is 1760 g/mol. The van der Waals surface area contributed by atoms with E-state index in [4.69, 9.17) is 77.9 Å². The van der Waals surface area contributed by atoms with Crippen LogP contribution in [0.4, 0.5) is 0 Å². The molecule has 5 rings (SSSR count). The number of allylic oxidation sites excluding steroid dienone is 4. The third-order valence-corrected chi connectivity index (χ3v) is 23.0. The molecule has 0 radical (unpaired) electrons. The van der Waals surface area contributed by atoms with Gasteiger partial charge in [0.25, 0.3) is 11.8 Å². The number of ether oxygens (including phenoxy) is 14. The molecular weight excluding hydrogens is 1640 g/mol. The van der Waals surface area contributed by atoms with Crippen molar-refractivity contribution in [1.82, 2.24) is 42.1 Å². The summed E-state index contributed by atoms with van der Waals surface area (Å²) in [5.41, 5.74) is -2.86. The highest BCUT2D eigenvalue weighted by atomic mass is 79.9. The fourth-order valence-electron chi connectivity index (χ4n) is 14.2. The van der Waals surface area contributed by atoms with Crippen molar-refractivity contribution in [1.29, 1.82) is 0 Å². The van der Waals surface area contributed by atoms with E-state index in [0.717, 1.165) is 10.5 Å². The number of aliphatic hydroxyl groups excluding tert-OH is 2. The molecule has 0 aromatic heterocycles. The van der Waals surface area contributed by atoms with Crippen LogP contribution in [0.25, 0.3) is 0 Å². The number of imide groups is 1. The highest BCUT2D eigenvalue weighted by Crippen LogP contribution is 2.72. The molecule has 0 aromatic carbocycles. The monoisotopic (exact) mass is 1760 g/mol. The lowest BCUT2D eigenvalue weighted by molar-refractivity contribution is -0.203. The summed E-state index contributed by atoms with van der Waals surface area (Å²) in [4.78, 5) is 156. The highest BCUT2D eigenvalue weighted by Gasteiger charge is 2.76. The van der Waals surface area contributed by atoms with Gasteiger partial charge in [0.15, 0.2) is 11.4 Å². The number of Topliss-reactive ketones (excluding diaryl/α,β-unsaturated/α-hetero) is 1. The van der Waals surface area contributed by atoms with Crippen LogP contribution in [0.3, 0.4) is 0 Å². The maximum Gasteiger partial charge on any atom is 0.306 e. The SMILES string of the molecule is CCC(=O)O[C@]1(C(=O)COCNC(=O)CNC(=O)CNC(=O)CNC(=O)[C@H](CO)NC(=O)[C@H](CCCCNC(=O)CCOCCOCCOCCOCCOCCOCCOCCOCCOCCOCCOCCOC)NC(=O)CCN2C(=O)C(Br)=C(Br)C2=O)[C@@H](C)CC2[C@@H]3CCC4=CC(=O)C=C[C@]4(C)[C@@]3(Cl)[C@@H](O)C[C@@]21C. The Morgan fingerprint density at radius 2 is 1.06 bits per heavy atom. The number of fused-ring (bicyclic) bond motifs is 5. The van der Waals surface area contributed by atoms with E-state index in [-0.39, 0.29) is 97.5 Å². The highest BCUT2D eigenvalue weighted by molar-refractivity contribution is 9.14. The molecule has 4 aliphatic carbocycles. The number of nitrogens with zero attached hydrogens (tertiary/aromatic N) is 1. The van der Waals surface area contributed by atoms with Gasteiger partial charge in [-0.15, -0.1) is 11.6 Å². The van der Waals surface area contributed by atoms with Crippen molar-refractivity contribution in [2.75, 3.05) is 212 Å². The minimum atomic E-state index is -1.74. The average Bonchev–Trinajstić information content (AvgIpc) is 1.60. The molecule has 10 atom stereocenters. The summed E-state index contributed by atoms with van der Waals surface area (Å²) in [7, 11) is 1.63. The van der Waals surface area contributed by atoms with E-state index in [2.05, 4.69) is 69.1 Å². The van der Waals surface area contributed by atoms with Gasteiger partial charge < -0.3 is 114 Å². The number of rotatable bonds is 62. The first-order chi connectivity index (χ1) is 54.2. The number of methoxy groups -OCH3 is 1. The van der Waals surface area contributed by atoms with Crippen molar-refractivity contribution in [3.8, 4) is 0 Å². The molecule has 36 nitrogen and oxygen atoms in total. The van der Waals surface area contributed by atoms with Crippen LogP contribution in [0.5, 0.6) is 0 Å². The summed E-state index contributed by atoms with van der Waals surface area (Å²) >= 11 is 13.7. The number of aliphatic hydroxyl groups is 2. The normalized spacial score (nSPS) is 22.9. The van der Waals surface area contributed by atoms with Gasteiger partial charge in [0.05, 0.1) is 189 Å². The number of esters is 1. The van der Waals surface area contributed by atoms with Crippen molar-refractivity contribution in [2.24, 2.45) is 28.6 Å². The first-order valence-corrected chi connectivity index (χ1v) is 40.2. The molecule has 3 fully saturated rings. The van der Waals surface area contributed by atoms with Crippen LogP contribution in [0.15, 0.2) is 32.8 Å². The second-order valence-corrected chi connectivity index (χ2v) is 29.8. The summed E-state index contributed by atoms with van der Waals surface area (Å²) in [5, 5.41) is 39.1. The Hall–Kier alpha value is -5.89. The van der Waals surface area contributed by atoms with Gasteiger partial charge in [-0.2, -0.15) is 0 Å². The third kappa shape index (κ3) is 30.8. The van der Waals surface area contributed by atoms with Gasteiger partial charge >= 0.3 is 5.97 Å². The van der Waals surface area contributed by atoms with Crippen LogP contribution < -0.4 is 37.2 Å². The molecule has 0 saturated heterocycles. The number of hydrogen-bond acceptors (Lipinski definition) is 28. The van der Waals surface area contributed by atoms with Gasteiger partial charge in [0.1, 0.15) is 34.4 Å². The molecular formula is C74H115Br2ClN8O28. The van der Waals surface area contributed by atoms with Crippen LogP contribution >= 0.6 is 43.5 Å².